The first kappa shape index (κ1) is 8.36. The molecule has 2 fully saturated rings. The van der Waals surface area contributed by atoms with E-state index in [1.807, 2.05) is 6.92 Å². The van der Waals surface area contributed by atoms with Gasteiger partial charge in [-0.15, -0.1) is 11.6 Å². The number of carbonyl (C=O) groups is 1. The molecule has 0 spiro atoms. The molecule has 1 aliphatic heterocycles. The predicted octanol–water partition coefficient (Wildman–Crippen LogP) is 1.96. The Morgan fingerprint density at radius 1 is 1.58 bits per heavy atom. The fourth-order valence-electron chi connectivity index (χ4n) is 2.38. The van der Waals surface area contributed by atoms with Gasteiger partial charge in [0.2, 0.25) is 0 Å². The highest BCUT2D eigenvalue weighted by atomic mass is 35.5. The first-order chi connectivity index (χ1) is 5.53. The van der Waals surface area contributed by atoms with Crippen molar-refractivity contribution in [1.82, 2.24) is 0 Å². The van der Waals surface area contributed by atoms with Gasteiger partial charge in [0.05, 0.1) is 10.8 Å². The number of rotatable bonds is 0. The third-order valence-electron chi connectivity index (χ3n) is 3.07. The topological polar surface area (TPSA) is 26.3 Å². The molecule has 0 amide bonds. The van der Waals surface area contributed by atoms with Crippen molar-refractivity contribution >= 4 is 17.6 Å². The minimum absolute atomic E-state index is 0.0181. The average Bonchev–Trinajstić information content (AvgIpc) is 2.22. The van der Waals surface area contributed by atoms with Crippen LogP contribution in [0, 0.1) is 11.3 Å². The van der Waals surface area contributed by atoms with Crippen molar-refractivity contribution in [2.45, 2.75) is 38.2 Å². The Labute approximate surface area is 77.2 Å². The van der Waals surface area contributed by atoms with E-state index in [-0.39, 0.29) is 22.9 Å². The van der Waals surface area contributed by atoms with Gasteiger partial charge in [0, 0.05) is 6.42 Å². The highest BCUT2D eigenvalue weighted by Gasteiger charge is 2.53. The zero-order valence-corrected chi connectivity index (χ0v) is 8.10. The molecule has 2 bridgehead atoms. The molecule has 0 radical (unpaired) electrons. The highest BCUT2D eigenvalue weighted by molar-refractivity contribution is 6.21. The van der Waals surface area contributed by atoms with Crippen LogP contribution in [0.1, 0.15) is 26.7 Å². The number of hydrogen-bond donors (Lipinski definition) is 0. The van der Waals surface area contributed by atoms with Crippen molar-refractivity contribution in [3.05, 3.63) is 0 Å². The standard InChI is InChI=1S/C9H13ClO2/c1-5-3-9(2)4-6(7(5)10)12-8(9)11/h5-7H,3-4H2,1-2H3/t5?,6-,7-,9-/m1/s1. The molecule has 1 unspecified atom stereocenters. The van der Waals surface area contributed by atoms with Crippen molar-refractivity contribution in [3.8, 4) is 0 Å². The van der Waals surface area contributed by atoms with Gasteiger partial charge in [-0.2, -0.15) is 0 Å². The SMILES string of the molecule is CC1C[C@]2(C)C[C@@H](OC2=O)[C@@H]1Cl. The third kappa shape index (κ3) is 0.972. The van der Waals surface area contributed by atoms with Crippen molar-refractivity contribution in [3.63, 3.8) is 0 Å². The molecule has 12 heavy (non-hydrogen) atoms. The Hall–Kier alpha value is -0.240. The molecular formula is C9H13ClO2. The maximum atomic E-state index is 11.4. The normalized spacial score (nSPS) is 52.2. The fraction of sp³-hybridized carbons (Fsp3) is 0.889. The minimum Gasteiger partial charge on any atom is -0.460 e. The summed E-state index contributed by atoms with van der Waals surface area (Å²) in [4.78, 5) is 11.4. The number of ether oxygens (including phenoxy) is 1. The molecule has 1 saturated carbocycles. The molecule has 1 aliphatic carbocycles. The van der Waals surface area contributed by atoms with E-state index in [4.69, 9.17) is 16.3 Å². The second kappa shape index (κ2) is 2.38. The van der Waals surface area contributed by atoms with Crippen LogP contribution in [0.2, 0.25) is 0 Å². The minimum atomic E-state index is -0.241. The first-order valence-corrected chi connectivity index (χ1v) is 4.82. The summed E-state index contributed by atoms with van der Waals surface area (Å²) in [7, 11) is 0. The summed E-state index contributed by atoms with van der Waals surface area (Å²) in [5.74, 6) is 0.337. The molecule has 68 valence electrons. The van der Waals surface area contributed by atoms with Gasteiger partial charge in [0.25, 0.3) is 0 Å². The number of hydrogen-bond acceptors (Lipinski definition) is 2. The van der Waals surface area contributed by atoms with Crippen molar-refractivity contribution < 1.29 is 9.53 Å². The van der Waals surface area contributed by atoms with E-state index in [0.29, 0.717) is 5.92 Å². The molecule has 0 aromatic rings. The van der Waals surface area contributed by atoms with E-state index in [9.17, 15) is 4.79 Å². The van der Waals surface area contributed by atoms with E-state index < -0.39 is 0 Å². The summed E-state index contributed by atoms with van der Waals surface area (Å²) in [6, 6.07) is 0. The Bertz CT molecular complexity index is 229. The van der Waals surface area contributed by atoms with E-state index in [1.54, 1.807) is 0 Å². The van der Waals surface area contributed by atoms with Crippen LogP contribution >= 0.6 is 11.6 Å². The molecule has 1 saturated heterocycles. The zero-order valence-electron chi connectivity index (χ0n) is 7.34. The highest BCUT2D eigenvalue weighted by Crippen LogP contribution is 2.48. The van der Waals surface area contributed by atoms with Gasteiger partial charge in [-0.05, 0) is 19.3 Å². The van der Waals surface area contributed by atoms with E-state index in [0.717, 1.165) is 12.8 Å². The smallest absolute Gasteiger partial charge is 0.312 e. The van der Waals surface area contributed by atoms with Crippen LogP contribution in [0.25, 0.3) is 0 Å². The molecule has 4 atom stereocenters. The van der Waals surface area contributed by atoms with E-state index in [1.165, 1.54) is 0 Å². The Balaban J connectivity index is 2.28. The van der Waals surface area contributed by atoms with Crippen LogP contribution in [-0.4, -0.2) is 17.5 Å². The van der Waals surface area contributed by atoms with Crippen LogP contribution < -0.4 is 0 Å². The summed E-state index contributed by atoms with van der Waals surface area (Å²) in [6.45, 7) is 4.07. The zero-order chi connectivity index (χ0) is 8.93. The van der Waals surface area contributed by atoms with Crippen LogP contribution in [0.4, 0.5) is 0 Å². The molecule has 2 rings (SSSR count). The average molecular weight is 189 g/mol. The van der Waals surface area contributed by atoms with Crippen LogP contribution in [-0.2, 0) is 9.53 Å². The number of carbonyl (C=O) groups excluding carboxylic acids is 1. The maximum Gasteiger partial charge on any atom is 0.312 e. The quantitative estimate of drug-likeness (QED) is 0.429. The van der Waals surface area contributed by atoms with Gasteiger partial charge >= 0.3 is 5.97 Å². The maximum absolute atomic E-state index is 11.4. The van der Waals surface area contributed by atoms with Crippen molar-refractivity contribution in [1.29, 1.82) is 0 Å². The van der Waals surface area contributed by atoms with Crippen molar-refractivity contribution in [2.75, 3.05) is 0 Å². The lowest BCUT2D eigenvalue weighted by Gasteiger charge is -2.31. The van der Waals surface area contributed by atoms with Gasteiger partial charge in [-0.25, -0.2) is 0 Å². The Kier molecular flexibility index (Phi) is 1.66. The van der Waals surface area contributed by atoms with E-state index in [2.05, 4.69) is 6.92 Å². The lowest BCUT2D eigenvalue weighted by Crippen LogP contribution is -2.35. The molecule has 0 aromatic carbocycles. The lowest BCUT2D eigenvalue weighted by molar-refractivity contribution is -0.147. The largest absolute Gasteiger partial charge is 0.460 e. The van der Waals surface area contributed by atoms with Crippen LogP contribution in [0.5, 0.6) is 0 Å². The molecule has 0 aromatic heterocycles. The molecule has 2 aliphatic rings. The summed E-state index contributed by atoms with van der Waals surface area (Å²) in [6.07, 6.45) is 1.65. The summed E-state index contributed by atoms with van der Waals surface area (Å²) in [5.41, 5.74) is -0.241. The van der Waals surface area contributed by atoms with Crippen molar-refractivity contribution in [2.24, 2.45) is 11.3 Å². The number of halogens is 1. The molecule has 0 N–H and O–H groups in total. The summed E-state index contributed by atoms with van der Waals surface area (Å²) < 4.78 is 5.20. The van der Waals surface area contributed by atoms with E-state index >= 15 is 0 Å². The fourth-order valence-corrected chi connectivity index (χ4v) is 2.61. The Morgan fingerprint density at radius 3 is 2.92 bits per heavy atom. The van der Waals surface area contributed by atoms with Crippen LogP contribution in [0.15, 0.2) is 0 Å². The number of alkyl halides is 1. The lowest BCUT2D eigenvalue weighted by atomic mass is 9.72. The van der Waals surface area contributed by atoms with Gasteiger partial charge < -0.3 is 4.74 Å². The second-order valence-electron chi connectivity index (χ2n) is 4.33. The van der Waals surface area contributed by atoms with Gasteiger partial charge in [0.1, 0.15) is 6.10 Å². The predicted molar refractivity (Wildman–Crippen MR) is 46.0 cm³/mol. The summed E-state index contributed by atoms with van der Waals surface area (Å²) in [5, 5.41) is 0.0181. The second-order valence-corrected chi connectivity index (χ2v) is 4.84. The molecule has 3 heteroatoms. The molecule has 2 nitrogen and oxygen atoms in total. The Morgan fingerprint density at radius 2 is 2.25 bits per heavy atom. The first-order valence-electron chi connectivity index (χ1n) is 4.38. The molecular weight excluding hydrogens is 176 g/mol. The number of fused-ring (bicyclic) bond motifs is 2. The van der Waals surface area contributed by atoms with Gasteiger partial charge in [-0.1, -0.05) is 6.92 Å². The number of esters is 1. The van der Waals surface area contributed by atoms with Gasteiger partial charge in [0.15, 0.2) is 0 Å². The van der Waals surface area contributed by atoms with Crippen LogP contribution in [0.3, 0.4) is 0 Å². The van der Waals surface area contributed by atoms with Gasteiger partial charge in [-0.3, -0.25) is 4.79 Å². The summed E-state index contributed by atoms with van der Waals surface area (Å²) >= 11 is 6.11. The monoisotopic (exact) mass is 188 g/mol. The molecule has 1 heterocycles. The third-order valence-corrected chi connectivity index (χ3v) is 3.79.